The molecule has 2 N–H and O–H groups in total. The standard InChI is InChI=1S/C17H24N2O4/c1-3-18-17(21)19-13-5-8-15(9-6-13)23-16(20)11-10-14-7-4-12(2)22-14/h4,7,10-11,13,15H,3,5-6,8-9H2,1-2H3,(H2,18,19,21)/b11-10+. The van der Waals surface area contributed by atoms with Gasteiger partial charge in [0.15, 0.2) is 0 Å². The van der Waals surface area contributed by atoms with Crippen LogP contribution in [0, 0.1) is 6.92 Å². The van der Waals surface area contributed by atoms with E-state index in [1.165, 1.54) is 6.08 Å². The zero-order chi connectivity index (χ0) is 16.7. The van der Waals surface area contributed by atoms with Crippen molar-refractivity contribution in [3.8, 4) is 0 Å². The average molecular weight is 320 g/mol. The first kappa shape index (κ1) is 17.1. The van der Waals surface area contributed by atoms with Gasteiger partial charge in [0.25, 0.3) is 0 Å². The van der Waals surface area contributed by atoms with Crippen LogP contribution in [0.4, 0.5) is 4.79 Å². The van der Waals surface area contributed by atoms with Gasteiger partial charge in [0.1, 0.15) is 17.6 Å². The topological polar surface area (TPSA) is 80.6 Å². The highest BCUT2D eigenvalue weighted by molar-refractivity contribution is 5.86. The van der Waals surface area contributed by atoms with Crippen molar-refractivity contribution in [2.45, 2.75) is 51.7 Å². The quantitative estimate of drug-likeness (QED) is 0.646. The third-order valence-corrected chi connectivity index (χ3v) is 3.77. The molecule has 0 aliphatic heterocycles. The summed E-state index contributed by atoms with van der Waals surface area (Å²) in [6, 6.07) is 3.66. The summed E-state index contributed by atoms with van der Waals surface area (Å²) < 4.78 is 10.8. The number of urea groups is 1. The highest BCUT2D eigenvalue weighted by atomic mass is 16.5. The molecule has 1 saturated carbocycles. The summed E-state index contributed by atoms with van der Waals surface area (Å²) in [4.78, 5) is 23.3. The van der Waals surface area contributed by atoms with Crippen LogP contribution < -0.4 is 10.6 Å². The molecular weight excluding hydrogens is 296 g/mol. The Morgan fingerprint density at radius 1 is 1.30 bits per heavy atom. The van der Waals surface area contributed by atoms with E-state index in [0.717, 1.165) is 31.4 Å². The van der Waals surface area contributed by atoms with E-state index in [0.29, 0.717) is 12.3 Å². The third-order valence-electron chi connectivity index (χ3n) is 3.77. The predicted octanol–water partition coefficient (Wildman–Crippen LogP) is 2.77. The lowest BCUT2D eigenvalue weighted by atomic mass is 9.93. The molecule has 0 atom stereocenters. The second-order valence-electron chi connectivity index (χ2n) is 5.70. The van der Waals surface area contributed by atoms with Crippen LogP contribution in [0.25, 0.3) is 6.08 Å². The van der Waals surface area contributed by atoms with Crippen LogP contribution in [-0.4, -0.2) is 30.7 Å². The molecule has 1 heterocycles. The van der Waals surface area contributed by atoms with Crippen molar-refractivity contribution < 1.29 is 18.7 Å². The van der Waals surface area contributed by atoms with E-state index in [2.05, 4.69) is 10.6 Å². The van der Waals surface area contributed by atoms with Crippen LogP contribution >= 0.6 is 0 Å². The lowest BCUT2D eigenvalue weighted by Crippen LogP contribution is -2.44. The van der Waals surface area contributed by atoms with Gasteiger partial charge in [-0.15, -0.1) is 0 Å². The first-order valence-electron chi connectivity index (χ1n) is 8.06. The summed E-state index contributed by atoms with van der Waals surface area (Å²) in [6.45, 7) is 4.34. The first-order valence-corrected chi connectivity index (χ1v) is 8.06. The lowest BCUT2D eigenvalue weighted by molar-refractivity contribution is -0.144. The summed E-state index contributed by atoms with van der Waals surface area (Å²) in [5.74, 6) is 1.07. The number of carbonyl (C=O) groups excluding carboxylic acids is 2. The number of furan rings is 1. The Morgan fingerprint density at radius 3 is 2.65 bits per heavy atom. The molecule has 2 rings (SSSR count). The first-order chi connectivity index (χ1) is 11.1. The van der Waals surface area contributed by atoms with Gasteiger partial charge in [-0.25, -0.2) is 9.59 Å². The molecule has 2 amide bonds. The zero-order valence-corrected chi connectivity index (χ0v) is 13.6. The van der Waals surface area contributed by atoms with Crippen molar-refractivity contribution >= 4 is 18.1 Å². The van der Waals surface area contributed by atoms with E-state index >= 15 is 0 Å². The fourth-order valence-electron chi connectivity index (χ4n) is 2.62. The van der Waals surface area contributed by atoms with Gasteiger partial charge in [0, 0.05) is 18.7 Å². The van der Waals surface area contributed by atoms with Crippen LogP contribution in [0.15, 0.2) is 22.6 Å². The Hall–Kier alpha value is -2.24. The minimum atomic E-state index is -0.362. The van der Waals surface area contributed by atoms with Crippen molar-refractivity contribution in [2.24, 2.45) is 0 Å². The molecule has 0 bridgehead atoms. The average Bonchev–Trinajstić information content (AvgIpc) is 2.93. The summed E-state index contributed by atoms with van der Waals surface area (Å²) in [7, 11) is 0. The van der Waals surface area contributed by atoms with E-state index in [-0.39, 0.29) is 24.1 Å². The van der Waals surface area contributed by atoms with Crippen molar-refractivity contribution in [3.63, 3.8) is 0 Å². The molecule has 0 radical (unpaired) electrons. The van der Waals surface area contributed by atoms with Crippen molar-refractivity contribution in [1.29, 1.82) is 0 Å². The van der Waals surface area contributed by atoms with Crippen LogP contribution in [-0.2, 0) is 9.53 Å². The van der Waals surface area contributed by atoms with E-state index < -0.39 is 0 Å². The normalized spacial score (nSPS) is 21.1. The summed E-state index contributed by atoms with van der Waals surface area (Å²) in [5.41, 5.74) is 0. The zero-order valence-electron chi connectivity index (χ0n) is 13.6. The number of rotatable bonds is 5. The maximum absolute atomic E-state index is 11.8. The number of carbonyl (C=O) groups is 2. The Balaban J connectivity index is 1.70. The van der Waals surface area contributed by atoms with Crippen LogP contribution in [0.2, 0.25) is 0 Å². The summed E-state index contributed by atoms with van der Waals surface area (Å²) in [5, 5.41) is 5.64. The van der Waals surface area contributed by atoms with Crippen molar-refractivity contribution in [3.05, 3.63) is 29.7 Å². The number of amides is 2. The molecular formula is C17H24N2O4. The number of nitrogens with one attached hydrogen (secondary N) is 2. The Kier molecular flexibility index (Phi) is 6.26. The largest absolute Gasteiger partial charge is 0.462 e. The van der Waals surface area contributed by atoms with Crippen LogP contribution in [0.3, 0.4) is 0 Å². The fourth-order valence-corrected chi connectivity index (χ4v) is 2.62. The molecule has 1 aliphatic rings. The van der Waals surface area contributed by atoms with E-state index in [9.17, 15) is 9.59 Å². The third kappa shape index (κ3) is 5.81. The van der Waals surface area contributed by atoms with Gasteiger partial charge in [0.2, 0.25) is 0 Å². The molecule has 0 spiro atoms. The van der Waals surface area contributed by atoms with Gasteiger partial charge >= 0.3 is 12.0 Å². The number of ether oxygens (including phenoxy) is 1. The maximum atomic E-state index is 11.8. The molecule has 6 nitrogen and oxygen atoms in total. The van der Waals surface area contributed by atoms with E-state index in [1.54, 1.807) is 12.1 Å². The SMILES string of the molecule is CCNC(=O)NC1CCC(OC(=O)/C=C/c2ccc(C)o2)CC1. The Labute approximate surface area is 136 Å². The molecule has 6 heteroatoms. The summed E-state index contributed by atoms with van der Waals surface area (Å²) >= 11 is 0. The molecule has 0 unspecified atom stereocenters. The number of esters is 1. The monoisotopic (exact) mass is 320 g/mol. The second kappa shape index (κ2) is 8.41. The van der Waals surface area contributed by atoms with Gasteiger partial charge < -0.3 is 19.8 Å². The smallest absolute Gasteiger partial charge is 0.331 e. The van der Waals surface area contributed by atoms with Crippen molar-refractivity contribution in [2.75, 3.05) is 6.54 Å². The number of aryl methyl sites for hydroxylation is 1. The van der Waals surface area contributed by atoms with Gasteiger partial charge in [-0.2, -0.15) is 0 Å². The Bertz CT molecular complexity index is 557. The van der Waals surface area contributed by atoms with Gasteiger partial charge in [-0.1, -0.05) is 0 Å². The highest BCUT2D eigenvalue weighted by Crippen LogP contribution is 2.21. The fraction of sp³-hybridized carbons (Fsp3) is 0.529. The summed E-state index contributed by atoms with van der Waals surface area (Å²) in [6.07, 6.45) is 6.06. The molecule has 0 aromatic carbocycles. The number of hydrogen-bond donors (Lipinski definition) is 2. The van der Waals surface area contributed by atoms with Crippen LogP contribution in [0.5, 0.6) is 0 Å². The van der Waals surface area contributed by atoms with Gasteiger partial charge in [-0.05, 0) is 57.7 Å². The number of hydrogen-bond acceptors (Lipinski definition) is 4. The van der Waals surface area contributed by atoms with Gasteiger partial charge in [-0.3, -0.25) is 0 Å². The second-order valence-corrected chi connectivity index (χ2v) is 5.70. The minimum Gasteiger partial charge on any atom is -0.462 e. The molecule has 1 aromatic rings. The van der Waals surface area contributed by atoms with E-state index in [4.69, 9.17) is 9.15 Å². The molecule has 0 saturated heterocycles. The van der Waals surface area contributed by atoms with Crippen LogP contribution in [0.1, 0.15) is 44.1 Å². The molecule has 1 fully saturated rings. The predicted molar refractivity (Wildman–Crippen MR) is 86.8 cm³/mol. The van der Waals surface area contributed by atoms with E-state index in [1.807, 2.05) is 19.9 Å². The molecule has 126 valence electrons. The highest BCUT2D eigenvalue weighted by Gasteiger charge is 2.24. The molecule has 1 aliphatic carbocycles. The maximum Gasteiger partial charge on any atom is 0.331 e. The molecule has 23 heavy (non-hydrogen) atoms. The van der Waals surface area contributed by atoms with Crippen molar-refractivity contribution in [1.82, 2.24) is 10.6 Å². The minimum absolute atomic E-state index is 0.0854. The Morgan fingerprint density at radius 2 is 2.04 bits per heavy atom. The van der Waals surface area contributed by atoms with Gasteiger partial charge in [0.05, 0.1) is 0 Å². The lowest BCUT2D eigenvalue weighted by Gasteiger charge is -2.28. The molecule has 1 aromatic heterocycles.